The van der Waals surface area contributed by atoms with E-state index in [1.807, 2.05) is 0 Å². The van der Waals surface area contributed by atoms with E-state index in [9.17, 15) is 22.7 Å². The van der Waals surface area contributed by atoms with Crippen LogP contribution in [0.4, 0.5) is 14.5 Å². The minimum absolute atomic E-state index is 0.0645. The summed E-state index contributed by atoms with van der Waals surface area (Å²) in [5, 5.41) is 10.0. The number of hydrogen-bond donors (Lipinski definition) is 2. The number of phenols is 1. The fraction of sp³-hybridized carbons (Fsp3) is 0.111. The molecular weight excluding hydrogens is 406 g/mol. The molecule has 0 spiro atoms. The Morgan fingerprint density at radius 3 is 2.69 bits per heavy atom. The van der Waals surface area contributed by atoms with Crippen LogP contribution in [0.3, 0.4) is 0 Å². The van der Waals surface area contributed by atoms with Crippen molar-refractivity contribution in [2.45, 2.75) is 6.54 Å². The molecule has 0 radical (unpaired) electrons. The summed E-state index contributed by atoms with van der Waals surface area (Å²) >= 11 is 0. The standard InChI is InChI=1S/C18H14F2N4O4S/c19-12-3-1-2-11(6-12)7-23-8-14(21-10-23)13-4-5-15(25)18(17(13)20)24-9-16(26)22-29(24,27)28/h1-6,8,10,25H,7,9H2,(H,22,26). The molecule has 0 saturated carbocycles. The topological polar surface area (TPSA) is 105 Å². The van der Waals surface area contributed by atoms with E-state index >= 15 is 4.39 Å². The van der Waals surface area contributed by atoms with Crippen molar-refractivity contribution in [3.63, 3.8) is 0 Å². The Morgan fingerprint density at radius 2 is 2.00 bits per heavy atom. The summed E-state index contributed by atoms with van der Waals surface area (Å²) in [5.74, 6) is -2.90. The van der Waals surface area contributed by atoms with E-state index in [2.05, 4.69) is 4.98 Å². The van der Waals surface area contributed by atoms with Gasteiger partial charge in [-0.25, -0.2) is 22.8 Å². The molecule has 1 aromatic heterocycles. The number of amides is 1. The number of imidazole rings is 1. The van der Waals surface area contributed by atoms with E-state index in [0.717, 1.165) is 6.07 Å². The molecule has 1 aliphatic heterocycles. The van der Waals surface area contributed by atoms with E-state index in [4.69, 9.17) is 0 Å². The van der Waals surface area contributed by atoms with E-state index in [1.165, 1.54) is 30.7 Å². The van der Waals surface area contributed by atoms with Crippen molar-refractivity contribution < 1.29 is 27.1 Å². The third kappa shape index (κ3) is 3.51. The number of aromatic nitrogens is 2. The first kappa shape index (κ1) is 18.9. The third-order valence-electron chi connectivity index (χ3n) is 4.33. The molecule has 3 aromatic rings. The van der Waals surface area contributed by atoms with Gasteiger partial charge in [-0.15, -0.1) is 0 Å². The first-order valence-electron chi connectivity index (χ1n) is 8.36. The molecule has 1 fully saturated rings. The van der Waals surface area contributed by atoms with Gasteiger partial charge in [0.1, 0.15) is 23.8 Å². The van der Waals surface area contributed by atoms with Gasteiger partial charge in [0.05, 0.1) is 12.0 Å². The minimum atomic E-state index is -4.30. The summed E-state index contributed by atoms with van der Waals surface area (Å²) in [6.45, 7) is -0.361. The first-order valence-corrected chi connectivity index (χ1v) is 9.80. The van der Waals surface area contributed by atoms with E-state index < -0.39 is 39.9 Å². The number of benzene rings is 2. The lowest BCUT2D eigenvalue weighted by molar-refractivity contribution is -0.117. The van der Waals surface area contributed by atoms with Crippen LogP contribution in [0.15, 0.2) is 48.9 Å². The van der Waals surface area contributed by atoms with Gasteiger partial charge in [-0.1, -0.05) is 12.1 Å². The number of nitrogens with one attached hydrogen (secondary N) is 1. The largest absolute Gasteiger partial charge is 0.506 e. The Bertz CT molecular complexity index is 1230. The van der Waals surface area contributed by atoms with Gasteiger partial charge in [-0.3, -0.25) is 4.79 Å². The summed E-state index contributed by atoms with van der Waals surface area (Å²) < 4.78 is 56.3. The molecule has 29 heavy (non-hydrogen) atoms. The number of anilines is 1. The predicted molar refractivity (Wildman–Crippen MR) is 99.2 cm³/mol. The Kier molecular flexibility index (Phi) is 4.46. The molecule has 1 aliphatic rings. The number of carbonyl (C=O) groups is 1. The van der Waals surface area contributed by atoms with E-state index in [1.54, 1.807) is 21.4 Å². The molecule has 1 saturated heterocycles. The molecule has 8 nitrogen and oxygen atoms in total. The predicted octanol–water partition coefficient (Wildman–Crippen LogP) is 1.76. The summed E-state index contributed by atoms with van der Waals surface area (Å²) in [6.07, 6.45) is 2.93. The summed E-state index contributed by atoms with van der Waals surface area (Å²) in [6, 6.07) is 8.35. The summed E-state index contributed by atoms with van der Waals surface area (Å²) in [7, 11) is -4.30. The molecule has 0 unspecified atom stereocenters. The second kappa shape index (κ2) is 6.85. The van der Waals surface area contributed by atoms with Crippen LogP contribution in [0.25, 0.3) is 11.3 Å². The van der Waals surface area contributed by atoms with Crippen molar-refractivity contribution in [3.8, 4) is 17.0 Å². The van der Waals surface area contributed by atoms with Gasteiger partial charge in [-0.2, -0.15) is 8.42 Å². The fourth-order valence-electron chi connectivity index (χ4n) is 3.07. The van der Waals surface area contributed by atoms with Gasteiger partial charge in [-0.05, 0) is 29.8 Å². The second-order valence-corrected chi connectivity index (χ2v) is 7.99. The molecular formula is C18H14F2N4O4S. The van der Waals surface area contributed by atoms with Gasteiger partial charge in [0.25, 0.3) is 5.91 Å². The molecule has 2 N–H and O–H groups in total. The quantitative estimate of drug-likeness (QED) is 0.669. The second-order valence-electron chi connectivity index (χ2n) is 6.39. The van der Waals surface area contributed by atoms with Crippen molar-refractivity contribution in [2.24, 2.45) is 0 Å². The molecule has 11 heteroatoms. The summed E-state index contributed by atoms with van der Waals surface area (Å²) in [4.78, 5) is 15.6. The van der Waals surface area contributed by atoms with Crippen molar-refractivity contribution in [1.82, 2.24) is 14.3 Å². The van der Waals surface area contributed by atoms with E-state index in [0.29, 0.717) is 9.87 Å². The Balaban J connectivity index is 1.70. The molecule has 0 aliphatic carbocycles. The van der Waals surface area contributed by atoms with Crippen LogP contribution in [0.5, 0.6) is 5.75 Å². The summed E-state index contributed by atoms with van der Waals surface area (Å²) in [5.41, 5.74) is 0.149. The lowest BCUT2D eigenvalue weighted by Gasteiger charge is -2.18. The lowest BCUT2D eigenvalue weighted by Crippen LogP contribution is -2.30. The number of hydrogen-bond acceptors (Lipinski definition) is 5. The highest BCUT2D eigenvalue weighted by Gasteiger charge is 2.38. The Hall–Kier alpha value is -3.47. The highest BCUT2D eigenvalue weighted by Crippen LogP contribution is 2.38. The maximum atomic E-state index is 15.1. The maximum absolute atomic E-state index is 15.1. The van der Waals surface area contributed by atoms with Gasteiger partial charge in [0.15, 0.2) is 5.82 Å². The van der Waals surface area contributed by atoms with E-state index in [-0.39, 0.29) is 23.6 Å². The molecule has 4 rings (SSSR count). The maximum Gasteiger partial charge on any atom is 0.326 e. The van der Waals surface area contributed by atoms with Gasteiger partial charge in [0, 0.05) is 18.3 Å². The fourth-order valence-corrected chi connectivity index (χ4v) is 4.23. The number of aromatic hydroxyl groups is 1. The molecule has 1 amide bonds. The van der Waals surface area contributed by atoms with Crippen molar-refractivity contribution in [2.75, 3.05) is 10.8 Å². The van der Waals surface area contributed by atoms with Crippen LogP contribution in [0.1, 0.15) is 5.56 Å². The monoisotopic (exact) mass is 420 g/mol. The highest BCUT2D eigenvalue weighted by atomic mass is 32.2. The SMILES string of the molecule is O=C1CN(c2c(O)ccc(-c3cn(Cc4cccc(F)c4)cn3)c2F)S(=O)(=O)N1. The molecule has 0 bridgehead atoms. The average molecular weight is 420 g/mol. The van der Waals surface area contributed by atoms with Crippen LogP contribution in [-0.2, 0) is 21.5 Å². The third-order valence-corrected chi connectivity index (χ3v) is 5.71. The van der Waals surface area contributed by atoms with Crippen molar-refractivity contribution in [1.29, 1.82) is 0 Å². The van der Waals surface area contributed by atoms with Crippen LogP contribution in [0, 0.1) is 11.6 Å². The minimum Gasteiger partial charge on any atom is -0.506 e. The van der Waals surface area contributed by atoms with Crippen LogP contribution < -0.4 is 9.03 Å². The number of phenolic OH excluding ortho intramolecular Hbond substituents is 1. The molecule has 2 heterocycles. The first-order chi connectivity index (χ1) is 13.7. The zero-order valence-electron chi connectivity index (χ0n) is 14.7. The number of nitrogens with zero attached hydrogens (tertiary/aromatic N) is 3. The zero-order chi connectivity index (χ0) is 20.8. The Labute approximate surface area is 164 Å². The van der Waals surface area contributed by atoms with Gasteiger partial charge < -0.3 is 9.67 Å². The van der Waals surface area contributed by atoms with Crippen LogP contribution in [-0.4, -0.2) is 35.5 Å². The normalized spacial score (nSPS) is 15.5. The molecule has 0 atom stereocenters. The Morgan fingerprint density at radius 1 is 1.21 bits per heavy atom. The smallest absolute Gasteiger partial charge is 0.326 e. The molecule has 2 aromatic carbocycles. The van der Waals surface area contributed by atoms with Gasteiger partial charge in [0.2, 0.25) is 0 Å². The van der Waals surface area contributed by atoms with Crippen molar-refractivity contribution >= 4 is 21.8 Å². The highest BCUT2D eigenvalue weighted by molar-refractivity contribution is 7.92. The average Bonchev–Trinajstić information content (AvgIpc) is 3.18. The lowest BCUT2D eigenvalue weighted by atomic mass is 10.1. The van der Waals surface area contributed by atoms with Crippen molar-refractivity contribution in [3.05, 3.63) is 66.1 Å². The van der Waals surface area contributed by atoms with Crippen LogP contribution in [0.2, 0.25) is 0 Å². The number of carbonyl (C=O) groups excluding carboxylic acids is 1. The van der Waals surface area contributed by atoms with Gasteiger partial charge >= 0.3 is 10.2 Å². The van der Waals surface area contributed by atoms with Crippen LogP contribution >= 0.6 is 0 Å². The zero-order valence-corrected chi connectivity index (χ0v) is 15.5. The molecule has 150 valence electrons. The number of halogens is 2. The number of rotatable bonds is 4.